The van der Waals surface area contributed by atoms with Crippen molar-refractivity contribution in [2.75, 3.05) is 34.9 Å². The molecule has 0 N–H and O–H groups in total. The first-order valence-corrected chi connectivity index (χ1v) is 11.2. The van der Waals surface area contributed by atoms with E-state index < -0.39 is 0 Å². The smallest absolute Gasteiger partial charge is 0.312 e. The number of ether oxygens (including phenoxy) is 3. The summed E-state index contributed by atoms with van der Waals surface area (Å²) in [5.41, 5.74) is 2.43. The normalized spacial score (nSPS) is 22.4. The molecule has 0 saturated heterocycles. The summed E-state index contributed by atoms with van der Waals surface area (Å²) in [5, 5.41) is 1.39. The van der Waals surface area contributed by atoms with Crippen LogP contribution in [0.4, 0.5) is 0 Å². The molecule has 0 aliphatic heterocycles. The summed E-state index contributed by atoms with van der Waals surface area (Å²) >= 11 is 0. The van der Waals surface area contributed by atoms with Crippen LogP contribution in [0.15, 0.2) is 41.6 Å². The second-order valence-electron chi connectivity index (χ2n) is 9.62. The molecule has 3 aromatic rings. The van der Waals surface area contributed by atoms with Crippen molar-refractivity contribution < 1.29 is 19.0 Å². The van der Waals surface area contributed by atoms with Gasteiger partial charge in [-0.05, 0) is 49.0 Å². The lowest BCUT2D eigenvalue weighted by atomic mass is 9.99. The van der Waals surface area contributed by atoms with Gasteiger partial charge in [0.25, 0.3) is 5.56 Å². The Morgan fingerprint density at radius 2 is 1.82 bits per heavy atom. The van der Waals surface area contributed by atoms with Crippen molar-refractivity contribution in [3.63, 3.8) is 0 Å². The van der Waals surface area contributed by atoms with E-state index >= 15 is 0 Å². The van der Waals surface area contributed by atoms with Crippen LogP contribution in [-0.2, 0) is 23.1 Å². The molecule has 5 rings (SSSR count). The Bertz CT molecular complexity index is 1330. The molecule has 0 unspecified atom stereocenters. The predicted octanol–water partition coefficient (Wildman–Crippen LogP) is 3.00. The van der Waals surface area contributed by atoms with Crippen molar-refractivity contribution in [1.29, 1.82) is 0 Å². The molecule has 0 radical (unpaired) electrons. The fourth-order valence-electron chi connectivity index (χ4n) is 5.51. The van der Waals surface area contributed by atoms with Gasteiger partial charge < -0.3 is 23.7 Å². The molecule has 2 saturated carbocycles. The number of pyridine rings is 2. The van der Waals surface area contributed by atoms with Crippen molar-refractivity contribution in [3.8, 4) is 22.6 Å². The van der Waals surface area contributed by atoms with Crippen LogP contribution >= 0.6 is 0 Å². The van der Waals surface area contributed by atoms with Crippen LogP contribution < -0.4 is 15.0 Å². The van der Waals surface area contributed by atoms with Gasteiger partial charge in [-0.1, -0.05) is 0 Å². The highest BCUT2D eigenvalue weighted by Crippen LogP contribution is 2.86. The Morgan fingerprint density at radius 1 is 1.15 bits per heavy atom. The molecule has 8 heteroatoms. The number of benzene rings is 1. The molecular weight excluding hydrogens is 434 g/mol. The summed E-state index contributed by atoms with van der Waals surface area (Å²) in [5.74, 6) is 1.33. The first kappa shape index (κ1) is 22.4. The summed E-state index contributed by atoms with van der Waals surface area (Å²) in [6.07, 6.45) is 6.92. The maximum absolute atomic E-state index is 12.6. The van der Waals surface area contributed by atoms with Gasteiger partial charge in [0.15, 0.2) is 0 Å². The molecular formula is C26H29N3O5. The van der Waals surface area contributed by atoms with Gasteiger partial charge in [0.1, 0.15) is 11.5 Å². The summed E-state index contributed by atoms with van der Waals surface area (Å²) < 4.78 is 18.1. The molecule has 8 nitrogen and oxygen atoms in total. The third-order valence-corrected chi connectivity index (χ3v) is 7.53. The number of rotatable bonds is 8. The van der Waals surface area contributed by atoms with Crippen molar-refractivity contribution in [2.24, 2.45) is 17.9 Å². The molecule has 0 bridgehead atoms. The zero-order chi connectivity index (χ0) is 24.3. The number of hydrogen-bond acceptors (Lipinski definition) is 7. The maximum Gasteiger partial charge on any atom is 0.312 e. The van der Waals surface area contributed by atoms with E-state index in [1.54, 1.807) is 38.2 Å². The number of fused-ring (bicyclic) bond motifs is 2. The number of hydrogen-bond donors (Lipinski definition) is 0. The molecule has 0 amide bonds. The topological polar surface area (TPSA) is 82.9 Å². The molecule has 2 aliphatic carbocycles. The molecule has 34 heavy (non-hydrogen) atoms. The van der Waals surface area contributed by atoms with Crippen LogP contribution in [0.3, 0.4) is 0 Å². The van der Waals surface area contributed by atoms with Gasteiger partial charge in [-0.3, -0.25) is 14.6 Å². The van der Waals surface area contributed by atoms with Crippen molar-refractivity contribution in [1.82, 2.24) is 14.5 Å². The van der Waals surface area contributed by atoms with Crippen LogP contribution in [0, 0.1) is 10.8 Å². The van der Waals surface area contributed by atoms with Crippen LogP contribution in [0.2, 0.25) is 0 Å². The highest BCUT2D eigenvalue weighted by Gasteiger charge is 2.87. The average molecular weight is 464 g/mol. The number of nitrogens with zero attached hydrogens (tertiary/aromatic N) is 3. The van der Waals surface area contributed by atoms with Gasteiger partial charge in [-0.15, -0.1) is 0 Å². The first-order chi connectivity index (χ1) is 16.3. The molecule has 2 aliphatic rings. The predicted molar refractivity (Wildman–Crippen MR) is 128 cm³/mol. The van der Waals surface area contributed by atoms with Crippen molar-refractivity contribution in [3.05, 3.63) is 52.7 Å². The van der Waals surface area contributed by atoms with Gasteiger partial charge in [0.2, 0.25) is 0 Å². The number of methoxy groups -OCH3 is 3. The Hall–Kier alpha value is -3.39. The Balaban J connectivity index is 1.48. The quantitative estimate of drug-likeness (QED) is 0.475. The molecule has 178 valence electrons. The third kappa shape index (κ3) is 3.27. The van der Waals surface area contributed by atoms with Crippen LogP contribution in [0.1, 0.15) is 18.4 Å². The number of aromatic nitrogens is 2. The van der Waals surface area contributed by atoms with Gasteiger partial charge in [0, 0.05) is 49.7 Å². The summed E-state index contributed by atoms with van der Waals surface area (Å²) in [6, 6.07) is 5.82. The van der Waals surface area contributed by atoms with Crippen molar-refractivity contribution >= 4 is 16.7 Å². The first-order valence-electron chi connectivity index (χ1n) is 11.2. The fourth-order valence-corrected chi connectivity index (χ4v) is 5.51. The van der Waals surface area contributed by atoms with E-state index in [4.69, 9.17) is 14.2 Å². The minimum absolute atomic E-state index is 0.0526. The molecule has 2 heterocycles. The van der Waals surface area contributed by atoms with Crippen LogP contribution in [-0.4, -0.2) is 55.3 Å². The van der Waals surface area contributed by atoms with E-state index in [2.05, 4.69) is 9.88 Å². The highest BCUT2D eigenvalue weighted by atomic mass is 16.5. The van der Waals surface area contributed by atoms with Crippen LogP contribution in [0.25, 0.3) is 21.9 Å². The zero-order valence-corrected chi connectivity index (χ0v) is 20.2. The fraction of sp³-hybridized carbons (Fsp3) is 0.423. The largest absolute Gasteiger partial charge is 0.496 e. The Labute approximate surface area is 198 Å². The lowest BCUT2D eigenvalue weighted by Gasteiger charge is -2.22. The lowest BCUT2D eigenvalue weighted by molar-refractivity contribution is -0.144. The number of carbonyl (C=O) groups is 1. The summed E-state index contributed by atoms with van der Waals surface area (Å²) in [6.45, 7) is 1.43. The summed E-state index contributed by atoms with van der Waals surface area (Å²) in [7, 11) is 8.54. The lowest BCUT2D eigenvalue weighted by Crippen LogP contribution is -2.23. The van der Waals surface area contributed by atoms with E-state index in [-0.39, 0.29) is 22.4 Å². The van der Waals surface area contributed by atoms with Gasteiger partial charge >= 0.3 is 5.97 Å². The van der Waals surface area contributed by atoms with Gasteiger partial charge in [0.05, 0.1) is 37.7 Å². The van der Waals surface area contributed by atoms with Gasteiger partial charge in [-0.25, -0.2) is 0 Å². The van der Waals surface area contributed by atoms with E-state index in [9.17, 15) is 9.59 Å². The third-order valence-electron chi connectivity index (χ3n) is 7.53. The Kier molecular flexibility index (Phi) is 5.16. The molecule has 2 aromatic heterocycles. The molecule has 0 spiro atoms. The number of aryl methyl sites for hydroxylation is 1. The van der Waals surface area contributed by atoms with Crippen LogP contribution in [0.5, 0.6) is 11.5 Å². The Morgan fingerprint density at radius 3 is 2.44 bits per heavy atom. The minimum Gasteiger partial charge on any atom is -0.496 e. The second kappa shape index (κ2) is 7.84. The molecule has 1 aromatic carbocycles. The van der Waals surface area contributed by atoms with Crippen molar-refractivity contribution in [2.45, 2.75) is 19.4 Å². The standard InChI is InChI=1S/C26H29N3O5/c1-28(15-25-13-26(25,14-25)24(31)34-5)11-20-21(32-3)8-16(9-22(20)33-4)19-12-29(2)23(30)18-10-27-7-6-17(18)19/h6-10,12H,11,13-15H2,1-5H3. The zero-order valence-electron chi connectivity index (χ0n) is 20.2. The van der Waals surface area contributed by atoms with E-state index in [0.717, 1.165) is 41.5 Å². The highest BCUT2D eigenvalue weighted by molar-refractivity contribution is 5.95. The van der Waals surface area contributed by atoms with E-state index in [1.165, 1.54) is 7.11 Å². The number of esters is 1. The second-order valence-corrected chi connectivity index (χ2v) is 9.62. The SMILES string of the molecule is COC(=O)C12CC1(CN(C)Cc1c(OC)cc(-c3cn(C)c(=O)c4cnccc34)cc1OC)C2. The minimum atomic E-state index is -0.257. The molecule has 2 fully saturated rings. The summed E-state index contributed by atoms with van der Waals surface area (Å²) in [4.78, 5) is 31.0. The van der Waals surface area contributed by atoms with Gasteiger partial charge in [-0.2, -0.15) is 0 Å². The van der Waals surface area contributed by atoms with E-state index in [1.807, 2.05) is 31.4 Å². The molecule has 0 atom stereocenters. The van der Waals surface area contributed by atoms with E-state index in [0.29, 0.717) is 23.4 Å². The average Bonchev–Trinajstić information content (AvgIpc) is 3.67. The monoisotopic (exact) mass is 463 g/mol. The maximum atomic E-state index is 12.6. The number of carbonyl (C=O) groups excluding carboxylic acids is 1.